The van der Waals surface area contributed by atoms with Gasteiger partial charge < -0.3 is 14.7 Å². The summed E-state index contributed by atoms with van der Waals surface area (Å²) in [5.41, 5.74) is -1.40. The van der Waals surface area contributed by atoms with Gasteiger partial charge in [0.2, 0.25) is 0 Å². The largest absolute Gasteiger partial charge is 0.467 e. The molecule has 106 valence electrons. The zero-order valence-electron chi connectivity index (χ0n) is 12.0. The Bertz CT molecular complexity index is 271. The summed E-state index contributed by atoms with van der Waals surface area (Å²) in [5.74, 6) is 0.164. The second-order valence-corrected chi connectivity index (χ2v) is 5.75. The van der Waals surface area contributed by atoms with E-state index in [2.05, 4.69) is 28.6 Å². The van der Waals surface area contributed by atoms with Crippen molar-refractivity contribution in [3.05, 3.63) is 0 Å². The quantitative estimate of drug-likeness (QED) is 0.713. The van der Waals surface area contributed by atoms with Gasteiger partial charge in [-0.05, 0) is 52.9 Å². The number of hydrogen-bond acceptors (Lipinski definition) is 5. The number of aliphatic hydroxyl groups is 1. The maximum absolute atomic E-state index is 11.4. The Labute approximate surface area is 110 Å². The fourth-order valence-corrected chi connectivity index (χ4v) is 2.56. The lowest BCUT2D eigenvalue weighted by Gasteiger charge is -2.36. The molecule has 0 amide bonds. The molecule has 0 radical (unpaired) electrons. The van der Waals surface area contributed by atoms with Gasteiger partial charge in [-0.2, -0.15) is 0 Å². The number of methoxy groups -OCH3 is 1. The standard InChI is InChI=1S/C13H26N2O3/c1-13(17,12(16)18-4)10-15-7-5-11(6-8-15)9-14(2)3/h11,17H,5-10H2,1-4H3. The third-order valence-corrected chi connectivity index (χ3v) is 3.49. The molecular formula is C13H26N2O3. The minimum atomic E-state index is -1.40. The van der Waals surface area contributed by atoms with E-state index in [9.17, 15) is 9.90 Å². The van der Waals surface area contributed by atoms with Crippen molar-refractivity contribution in [3.63, 3.8) is 0 Å². The Kier molecular flexibility index (Phi) is 5.56. The molecule has 18 heavy (non-hydrogen) atoms. The van der Waals surface area contributed by atoms with Crippen molar-refractivity contribution in [2.24, 2.45) is 5.92 Å². The number of rotatable bonds is 5. The number of carbonyl (C=O) groups is 1. The zero-order chi connectivity index (χ0) is 13.8. The van der Waals surface area contributed by atoms with Crippen molar-refractivity contribution in [1.82, 2.24) is 9.80 Å². The number of nitrogens with zero attached hydrogens (tertiary/aromatic N) is 2. The molecule has 0 bridgehead atoms. The molecular weight excluding hydrogens is 232 g/mol. The van der Waals surface area contributed by atoms with Gasteiger partial charge in [0.1, 0.15) is 0 Å². The van der Waals surface area contributed by atoms with Crippen molar-refractivity contribution >= 4 is 5.97 Å². The van der Waals surface area contributed by atoms with Crippen molar-refractivity contribution < 1.29 is 14.6 Å². The molecule has 1 fully saturated rings. The topological polar surface area (TPSA) is 53.0 Å². The van der Waals surface area contributed by atoms with Crippen LogP contribution in [0, 0.1) is 5.92 Å². The first-order valence-electron chi connectivity index (χ1n) is 6.53. The summed E-state index contributed by atoms with van der Waals surface area (Å²) in [4.78, 5) is 15.8. The summed E-state index contributed by atoms with van der Waals surface area (Å²) >= 11 is 0. The molecule has 5 nitrogen and oxygen atoms in total. The highest BCUT2D eigenvalue weighted by molar-refractivity contribution is 5.78. The second kappa shape index (κ2) is 6.50. The van der Waals surface area contributed by atoms with Crippen molar-refractivity contribution in [2.45, 2.75) is 25.4 Å². The van der Waals surface area contributed by atoms with Crippen LogP contribution in [0.4, 0.5) is 0 Å². The van der Waals surface area contributed by atoms with Gasteiger partial charge in [0, 0.05) is 13.1 Å². The van der Waals surface area contributed by atoms with Crippen LogP contribution in [-0.4, -0.2) is 73.9 Å². The number of ether oxygens (including phenoxy) is 1. The number of β-amino-alcohol motifs (C(OH)–C–C–N with tert-alkyl or cyclic N) is 1. The lowest BCUT2D eigenvalue weighted by atomic mass is 9.95. The Morgan fingerprint density at radius 2 is 2.00 bits per heavy atom. The van der Waals surface area contributed by atoms with Crippen LogP contribution >= 0.6 is 0 Å². The number of esters is 1. The van der Waals surface area contributed by atoms with Crippen LogP contribution < -0.4 is 0 Å². The molecule has 0 saturated carbocycles. The summed E-state index contributed by atoms with van der Waals surface area (Å²) < 4.78 is 4.61. The number of likely N-dealkylation sites (tertiary alicyclic amines) is 1. The number of carbonyl (C=O) groups excluding carboxylic acids is 1. The van der Waals surface area contributed by atoms with E-state index in [0.717, 1.165) is 38.4 Å². The fourth-order valence-electron chi connectivity index (χ4n) is 2.56. The molecule has 1 unspecified atom stereocenters. The highest BCUT2D eigenvalue weighted by Gasteiger charge is 2.34. The minimum Gasteiger partial charge on any atom is -0.467 e. The molecule has 0 aliphatic carbocycles. The van der Waals surface area contributed by atoms with Gasteiger partial charge in [-0.25, -0.2) is 4.79 Å². The van der Waals surface area contributed by atoms with Gasteiger partial charge in [0.15, 0.2) is 5.60 Å². The van der Waals surface area contributed by atoms with Crippen molar-refractivity contribution in [3.8, 4) is 0 Å². The van der Waals surface area contributed by atoms with Crippen molar-refractivity contribution in [1.29, 1.82) is 0 Å². The van der Waals surface area contributed by atoms with E-state index in [0.29, 0.717) is 6.54 Å². The second-order valence-electron chi connectivity index (χ2n) is 5.75. The lowest BCUT2D eigenvalue weighted by Crippen LogP contribution is -2.50. The molecule has 1 saturated heterocycles. The first kappa shape index (κ1) is 15.4. The molecule has 0 spiro atoms. The summed E-state index contributed by atoms with van der Waals surface area (Å²) in [6.45, 7) is 4.86. The van der Waals surface area contributed by atoms with E-state index in [-0.39, 0.29) is 0 Å². The molecule has 1 aliphatic rings. The molecule has 5 heteroatoms. The smallest absolute Gasteiger partial charge is 0.338 e. The van der Waals surface area contributed by atoms with Crippen LogP contribution in [0.25, 0.3) is 0 Å². The van der Waals surface area contributed by atoms with Crippen LogP contribution in [0.1, 0.15) is 19.8 Å². The molecule has 0 aromatic carbocycles. The van der Waals surface area contributed by atoms with Gasteiger partial charge in [-0.15, -0.1) is 0 Å². The highest BCUT2D eigenvalue weighted by atomic mass is 16.5. The van der Waals surface area contributed by atoms with Crippen LogP contribution in [-0.2, 0) is 9.53 Å². The maximum atomic E-state index is 11.4. The monoisotopic (exact) mass is 258 g/mol. The predicted octanol–water partition coefficient (Wildman–Crippen LogP) is 0.184. The molecule has 1 aliphatic heterocycles. The third-order valence-electron chi connectivity index (χ3n) is 3.49. The van der Waals surface area contributed by atoms with Gasteiger partial charge >= 0.3 is 5.97 Å². The maximum Gasteiger partial charge on any atom is 0.338 e. The lowest BCUT2D eigenvalue weighted by molar-refractivity contribution is -0.162. The summed E-state index contributed by atoms with van der Waals surface area (Å²) in [7, 11) is 5.49. The van der Waals surface area contributed by atoms with Crippen LogP contribution in [0.15, 0.2) is 0 Å². The summed E-state index contributed by atoms with van der Waals surface area (Å²) in [6.07, 6.45) is 2.24. The van der Waals surface area contributed by atoms with E-state index >= 15 is 0 Å². The molecule has 0 aromatic heterocycles. The Morgan fingerprint density at radius 1 is 1.44 bits per heavy atom. The van der Waals surface area contributed by atoms with Crippen molar-refractivity contribution in [2.75, 3.05) is 47.4 Å². The normalized spacial score (nSPS) is 21.9. The average Bonchev–Trinajstić information content (AvgIpc) is 2.29. The Morgan fingerprint density at radius 3 is 2.44 bits per heavy atom. The molecule has 1 rings (SSSR count). The van der Waals surface area contributed by atoms with E-state index in [1.165, 1.54) is 14.0 Å². The molecule has 0 aromatic rings. The molecule has 1 N–H and O–H groups in total. The zero-order valence-corrected chi connectivity index (χ0v) is 12.0. The first-order valence-corrected chi connectivity index (χ1v) is 6.53. The van der Waals surface area contributed by atoms with E-state index in [4.69, 9.17) is 0 Å². The van der Waals surface area contributed by atoms with Crippen LogP contribution in [0.3, 0.4) is 0 Å². The Balaban J connectivity index is 2.37. The van der Waals surface area contributed by atoms with Crippen LogP contribution in [0.2, 0.25) is 0 Å². The summed E-state index contributed by atoms with van der Waals surface area (Å²) in [5, 5.41) is 10.0. The van der Waals surface area contributed by atoms with E-state index in [1.54, 1.807) is 0 Å². The SMILES string of the molecule is COC(=O)C(C)(O)CN1CCC(CN(C)C)CC1. The van der Waals surface area contributed by atoms with E-state index < -0.39 is 11.6 Å². The average molecular weight is 258 g/mol. The highest BCUT2D eigenvalue weighted by Crippen LogP contribution is 2.20. The van der Waals surface area contributed by atoms with Gasteiger partial charge in [0.05, 0.1) is 7.11 Å². The van der Waals surface area contributed by atoms with E-state index in [1.807, 2.05) is 0 Å². The van der Waals surface area contributed by atoms with Crippen LogP contribution in [0.5, 0.6) is 0 Å². The predicted molar refractivity (Wildman–Crippen MR) is 70.4 cm³/mol. The first-order chi connectivity index (χ1) is 8.35. The minimum absolute atomic E-state index is 0.356. The molecule has 1 atom stereocenters. The third kappa shape index (κ3) is 4.55. The van der Waals surface area contributed by atoms with Gasteiger partial charge in [-0.3, -0.25) is 4.90 Å². The number of piperidine rings is 1. The summed E-state index contributed by atoms with van der Waals surface area (Å²) in [6, 6.07) is 0. The fraction of sp³-hybridized carbons (Fsp3) is 0.923. The van der Waals surface area contributed by atoms with Gasteiger partial charge in [0.25, 0.3) is 0 Å². The number of hydrogen-bond donors (Lipinski definition) is 1. The molecule has 1 heterocycles. The van der Waals surface area contributed by atoms with Gasteiger partial charge in [-0.1, -0.05) is 0 Å². The Hall–Kier alpha value is -0.650.